The number of fused-ring (bicyclic) bond motifs is 1. The number of hydrogen-bond donors (Lipinski definition) is 1. The zero-order valence-electron chi connectivity index (χ0n) is 12.6. The first-order valence-corrected chi connectivity index (χ1v) is 7.83. The lowest BCUT2D eigenvalue weighted by Crippen LogP contribution is -2.34. The van der Waals surface area contributed by atoms with Gasteiger partial charge in [0.1, 0.15) is 5.75 Å². The van der Waals surface area contributed by atoms with Crippen LogP contribution in [0.2, 0.25) is 0 Å². The summed E-state index contributed by atoms with van der Waals surface area (Å²) in [6.45, 7) is 5.23. The Morgan fingerprint density at radius 2 is 2.33 bits per heavy atom. The maximum Gasteiger partial charge on any atom is 0.310 e. The smallest absolute Gasteiger partial charge is 0.310 e. The first kappa shape index (κ1) is 14.4. The SMILES string of the molecule is CCCC1(C(=O)O)CCN(Cc2ccc3c(c2)CCO3)C1. The molecule has 0 saturated carbocycles. The summed E-state index contributed by atoms with van der Waals surface area (Å²) >= 11 is 0. The number of carboxylic acids is 1. The predicted molar refractivity (Wildman–Crippen MR) is 80.5 cm³/mol. The molecule has 1 unspecified atom stereocenters. The number of rotatable bonds is 5. The minimum Gasteiger partial charge on any atom is -0.493 e. The fraction of sp³-hybridized carbons (Fsp3) is 0.588. The van der Waals surface area contributed by atoms with Gasteiger partial charge >= 0.3 is 5.97 Å². The van der Waals surface area contributed by atoms with Gasteiger partial charge in [-0.25, -0.2) is 0 Å². The Balaban J connectivity index is 1.68. The zero-order chi connectivity index (χ0) is 14.9. The molecule has 1 N–H and O–H groups in total. The average molecular weight is 289 g/mol. The highest BCUT2D eigenvalue weighted by atomic mass is 16.5. The maximum atomic E-state index is 11.6. The number of aliphatic carboxylic acids is 1. The zero-order valence-corrected chi connectivity index (χ0v) is 12.6. The molecular formula is C17H23NO3. The molecular weight excluding hydrogens is 266 g/mol. The average Bonchev–Trinajstić information content (AvgIpc) is 3.06. The lowest BCUT2D eigenvalue weighted by Gasteiger charge is -2.24. The second kappa shape index (κ2) is 5.68. The third-order valence-corrected chi connectivity index (χ3v) is 4.78. The van der Waals surface area contributed by atoms with Gasteiger partial charge in [0.05, 0.1) is 12.0 Å². The molecule has 0 amide bonds. The van der Waals surface area contributed by atoms with Crippen LogP contribution < -0.4 is 4.74 Å². The van der Waals surface area contributed by atoms with Crippen LogP contribution in [0.1, 0.15) is 37.3 Å². The number of likely N-dealkylation sites (tertiary alicyclic amines) is 1. The molecule has 3 rings (SSSR count). The lowest BCUT2D eigenvalue weighted by molar-refractivity contribution is -0.148. The summed E-state index contributed by atoms with van der Waals surface area (Å²) in [6, 6.07) is 6.36. The van der Waals surface area contributed by atoms with E-state index in [1.165, 1.54) is 11.1 Å². The summed E-state index contributed by atoms with van der Waals surface area (Å²) in [5.74, 6) is 0.375. The van der Waals surface area contributed by atoms with Gasteiger partial charge in [0, 0.05) is 19.5 Å². The monoisotopic (exact) mass is 289 g/mol. The first-order valence-electron chi connectivity index (χ1n) is 7.83. The van der Waals surface area contributed by atoms with Gasteiger partial charge in [-0.1, -0.05) is 25.5 Å². The fourth-order valence-electron chi connectivity index (χ4n) is 3.65. The van der Waals surface area contributed by atoms with Crippen LogP contribution >= 0.6 is 0 Å². The van der Waals surface area contributed by atoms with E-state index in [-0.39, 0.29) is 0 Å². The topological polar surface area (TPSA) is 49.8 Å². The fourth-order valence-corrected chi connectivity index (χ4v) is 3.65. The van der Waals surface area contributed by atoms with Gasteiger partial charge in [-0.15, -0.1) is 0 Å². The van der Waals surface area contributed by atoms with E-state index in [4.69, 9.17) is 4.74 Å². The third-order valence-electron chi connectivity index (χ3n) is 4.78. The summed E-state index contributed by atoms with van der Waals surface area (Å²) in [5, 5.41) is 9.56. The number of carbonyl (C=O) groups is 1. The summed E-state index contributed by atoms with van der Waals surface area (Å²) in [5.41, 5.74) is 2.01. The number of nitrogens with zero attached hydrogens (tertiary/aromatic N) is 1. The number of carboxylic acid groups (broad SMARTS) is 1. The van der Waals surface area contributed by atoms with Crippen molar-refractivity contribution >= 4 is 5.97 Å². The Hall–Kier alpha value is -1.55. The molecule has 0 bridgehead atoms. The molecule has 21 heavy (non-hydrogen) atoms. The van der Waals surface area contributed by atoms with Crippen molar-refractivity contribution in [1.29, 1.82) is 0 Å². The van der Waals surface area contributed by atoms with E-state index >= 15 is 0 Å². The maximum absolute atomic E-state index is 11.6. The van der Waals surface area contributed by atoms with E-state index in [1.54, 1.807) is 0 Å². The molecule has 0 spiro atoms. The third kappa shape index (κ3) is 2.77. The number of hydrogen-bond acceptors (Lipinski definition) is 3. The minimum atomic E-state index is -0.630. The highest BCUT2D eigenvalue weighted by Gasteiger charge is 2.43. The molecule has 0 radical (unpaired) electrons. The minimum absolute atomic E-state index is 0.533. The summed E-state index contributed by atoms with van der Waals surface area (Å²) in [6.07, 6.45) is 3.45. The molecule has 4 nitrogen and oxygen atoms in total. The van der Waals surface area contributed by atoms with Gasteiger partial charge in [-0.2, -0.15) is 0 Å². The van der Waals surface area contributed by atoms with Crippen LogP contribution in [0.4, 0.5) is 0 Å². The van der Waals surface area contributed by atoms with Gasteiger partial charge in [0.15, 0.2) is 0 Å². The molecule has 1 saturated heterocycles. The molecule has 0 aromatic heterocycles. The molecule has 114 valence electrons. The van der Waals surface area contributed by atoms with Crippen molar-refractivity contribution in [1.82, 2.24) is 4.90 Å². The molecule has 1 atom stereocenters. The van der Waals surface area contributed by atoms with Gasteiger partial charge in [-0.3, -0.25) is 9.69 Å². The molecule has 1 fully saturated rings. The molecule has 1 aromatic rings. The lowest BCUT2D eigenvalue weighted by atomic mass is 9.83. The standard InChI is InChI=1S/C17H23NO3/c1-2-6-17(16(19)20)7-8-18(12-17)11-13-3-4-15-14(10-13)5-9-21-15/h3-4,10H,2,5-9,11-12H2,1H3,(H,19,20). The number of ether oxygens (including phenoxy) is 1. The molecule has 0 aliphatic carbocycles. The van der Waals surface area contributed by atoms with Gasteiger partial charge in [0.2, 0.25) is 0 Å². The van der Waals surface area contributed by atoms with Crippen molar-refractivity contribution in [3.8, 4) is 5.75 Å². The number of benzene rings is 1. The van der Waals surface area contributed by atoms with E-state index in [2.05, 4.69) is 24.0 Å². The Morgan fingerprint density at radius 3 is 3.10 bits per heavy atom. The van der Waals surface area contributed by atoms with E-state index in [0.717, 1.165) is 51.1 Å². The van der Waals surface area contributed by atoms with Crippen molar-refractivity contribution in [2.45, 2.75) is 39.2 Å². The van der Waals surface area contributed by atoms with Crippen LogP contribution in [-0.2, 0) is 17.8 Å². The van der Waals surface area contributed by atoms with Crippen molar-refractivity contribution in [2.75, 3.05) is 19.7 Å². The first-order chi connectivity index (χ1) is 10.1. The normalized spacial score (nSPS) is 24.8. The summed E-state index contributed by atoms with van der Waals surface area (Å²) in [7, 11) is 0. The van der Waals surface area contributed by atoms with Gasteiger partial charge in [0.25, 0.3) is 0 Å². The van der Waals surface area contributed by atoms with E-state index in [0.29, 0.717) is 6.54 Å². The highest BCUT2D eigenvalue weighted by Crippen LogP contribution is 2.36. The summed E-state index contributed by atoms with van der Waals surface area (Å²) in [4.78, 5) is 13.9. The van der Waals surface area contributed by atoms with Crippen LogP contribution in [0.25, 0.3) is 0 Å². The summed E-state index contributed by atoms with van der Waals surface area (Å²) < 4.78 is 5.53. The van der Waals surface area contributed by atoms with Crippen molar-refractivity contribution in [3.63, 3.8) is 0 Å². The van der Waals surface area contributed by atoms with Crippen LogP contribution in [0, 0.1) is 5.41 Å². The van der Waals surface area contributed by atoms with Crippen LogP contribution in [0.3, 0.4) is 0 Å². The van der Waals surface area contributed by atoms with Gasteiger partial charge < -0.3 is 9.84 Å². The van der Waals surface area contributed by atoms with Crippen LogP contribution in [0.5, 0.6) is 5.75 Å². The van der Waals surface area contributed by atoms with E-state index < -0.39 is 11.4 Å². The Kier molecular flexibility index (Phi) is 3.89. The van der Waals surface area contributed by atoms with Crippen LogP contribution in [0.15, 0.2) is 18.2 Å². The second-order valence-electron chi connectivity index (χ2n) is 6.34. The van der Waals surface area contributed by atoms with Gasteiger partial charge in [-0.05, 0) is 36.6 Å². The van der Waals surface area contributed by atoms with E-state index in [1.807, 2.05) is 6.07 Å². The van der Waals surface area contributed by atoms with Crippen molar-refractivity contribution in [2.24, 2.45) is 5.41 Å². The quantitative estimate of drug-likeness (QED) is 0.905. The Labute approximate surface area is 125 Å². The molecule has 2 heterocycles. The second-order valence-corrected chi connectivity index (χ2v) is 6.34. The van der Waals surface area contributed by atoms with Crippen LogP contribution in [-0.4, -0.2) is 35.7 Å². The molecule has 1 aromatic carbocycles. The Bertz CT molecular complexity index is 543. The van der Waals surface area contributed by atoms with E-state index in [9.17, 15) is 9.90 Å². The highest BCUT2D eigenvalue weighted by molar-refractivity contribution is 5.75. The molecule has 2 aliphatic rings. The van der Waals surface area contributed by atoms with Crippen molar-refractivity contribution in [3.05, 3.63) is 29.3 Å². The predicted octanol–water partition coefficient (Wildman–Crippen LogP) is 2.70. The Morgan fingerprint density at radius 1 is 1.48 bits per heavy atom. The molecule has 2 aliphatic heterocycles. The molecule has 4 heteroatoms. The van der Waals surface area contributed by atoms with Crippen molar-refractivity contribution < 1.29 is 14.6 Å². The largest absolute Gasteiger partial charge is 0.493 e.